The van der Waals surface area contributed by atoms with Crippen molar-refractivity contribution < 1.29 is 4.79 Å². The Bertz CT molecular complexity index is 212. The van der Waals surface area contributed by atoms with Gasteiger partial charge in [-0.3, -0.25) is 0 Å². The largest absolute Gasteiger partial charge is 0.328 e. The molecule has 16 heavy (non-hydrogen) atoms. The SMILES string of the molecule is NC1CCCCC1.O=C=NC1CCCCC1. The highest BCUT2D eigenvalue weighted by Crippen LogP contribution is 2.19. The molecule has 92 valence electrons. The first-order chi connectivity index (χ1) is 7.83. The molecule has 0 spiro atoms. The average molecular weight is 224 g/mol. The first-order valence-electron chi connectivity index (χ1n) is 6.65. The van der Waals surface area contributed by atoms with Gasteiger partial charge in [0.2, 0.25) is 6.08 Å². The average Bonchev–Trinajstić information content (AvgIpc) is 2.33. The third-order valence-electron chi connectivity index (χ3n) is 3.46. The third-order valence-corrected chi connectivity index (χ3v) is 3.46. The smallest absolute Gasteiger partial charge is 0.235 e. The van der Waals surface area contributed by atoms with Crippen LogP contribution in [-0.4, -0.2) is 18.2 Å². The highest BCUT2D eigenvalue weighted by atomic mass is 16.1. The van der Waals surface area contributed by atoms with Crippen molar-refractivity contribution in [1.82, 2.24) is 0 Å². The third kappa shape index (κ3) is 6.04. The molecule has 0 aromatic heterocycles. The van der Waals surface area contributed by atoms with Gasteiger partial charge in [0, 0.05) is 6.04 Å². The zero-order valence-corrected chi connectivity index (χ0v) is 10.2. The van der Waals surface area contributed by atoms with Crippen molar-refractivity contribution in [3.8, 4) is 0 Å². The topological polar surface area (TPSA) is 55.5 Å². The maximum atomic E-state index is 9.78. The summed E-state index contributed by atoms with van der Waals surface area (Å²) in [6.07, 6.45) is 14.2. The minimum Gasteiger partial charge on any atom is -0.328 e. The Labute approximate surface area is 98.5 Å². The van der Waals surface area contributed by atoms with Crippen LogP contribution in [0.25, 0.3) is 0 Å². The van der Waals surface area contributed by atoms with Crippen LogP contribution >= 0.6 is 0 Å². The Morgan fingerprint density at radius 2 is 1.38 bits per heavy atom. The lowest BCUT2D eigenvalue weighted by Gasteiger charge is -2.15. The molecule has 2 rings (SSSR count). The van der Waals surface area contributed by atoms with Crippen molar-refractivity contribution in [2.45, 2.75) is 76.3 Å². The predicted octanol–water partition coefficient (Wildman–Crippen LogP) is 2.93. The fourth-order valence-electron chi connectivity index (χ4n) is 2.42. The van der Waals surface area contributed by atoms with E-state index in [1.54, 1.807) is 6.08 Å². The van der Waals surface area contributed by atoms with E-state index < -0.39 is 0 Å². The molecule has 3 heteroatoms. The van der Waals surface area contributed by atoms with Crippen LogP contribution in [0.3, 0.4) is 0 Å². The van der Waals surface area contributed by atoms with E-state index in [1.807, 2.05) is 0 Å². The van der Waals surface area contributed by atoms with Crippen LogP contribution in [0, 0.1) is 0 Å². The predicted molar refractivity (Wildman–Crippen MR) is 66.1 cm³/mol. The van der Waals surface area contributed by atoms with Crippen LogP contribution in [0.1, 0.15) is 64.2 Å². The van der Waals surface area contributed by atoms with Crippen LogP contribution in [0.5, 0.6) is 0 Å². The molecule has 0 aliphatic heterocycles. The first kappa shape index (κ1) is 13.4. The molecule has 2 saturated carbocycles. The van der Waals surface area contributed by atoms with Crippen LogP contribution in [0.4, 0.5) is 0 Å². The number of isocyanates is 1. The molecule has 0 bridgehead atoms. The Hall–Kier alpha value is -0.660. The lowest BCUT2D eigenvalue weighted by Crippen LogP contribution is -2.22. The van der Waals surface area contributed by atoms with Gasteiger partial charge in [0.25, 0.3) is 0 Å². The molecule has 2 fully saturated rings. The van der Waals surface area contributed by atoms with E-state index in [-0.39, 0.29) is 0 Å². The van der Waals surface area contributed by atoms with E-state index in [4.69, 9.17) is 5.73 Å². The van der Waals surface area contributed by atoms with Gasteiger partial charge >= 0.3 is 0 Å². The number of hydrogen-bond acceptors (Lipinski definition) is 3. The van der Waals surface area contributed by atoms with Gasteiger partial charge in [-0.1, -0.05) is 38.5 Å². The number of nitrogens with two attached hydrogens (primary N) is 1. The van der Waals surface area contributed by atoms with Gasteiger partial charge in [0.15, 0.2) is 0 Å². The van der Waals surface area contributed by atoms with Crippen molar-refractivity contribution in [3.63, 3.8) is 0 Å². The lowest BCUT2D eigenvalue weighted by molar-refractivity contribution is 0.439. The van der Waals surface area contributed by atoms with Crippen molar-refractivity contribution in [1.29, 1.82) is 0 Å². The van der Waals surface area contributed by atoms with Crippen molar-refractivity contribution in [2.24, 2.45) is 10.7 Å². The van der Waals surface area contributed by atoms with E-state index in [1.165, 1.54) is 51.4 Å². The fraction of sp³-hybridized carbons (Fsp3) is 0.923. The van der Waals surface area contributed by atoms with E-state index >= 15 is 0 Å². The maximum absolute atomic E-state index is 9.78. The molecule has 0 aromatic rings. The zero-order valence-electron chi connectivity index (χ0n) is 10.2. The Morgan fingerprint density at radius 1 is 0.875 bits per heavy atom. The van der Waals surface area contributed by atoms with Crippen molar-refractivity contribution >= 4 is 6.08 Å². The summed E-state index contributed by atoms with van der Waals surface area (Å²) in [7, 11) is 0. The van der Waals surface area contributed by atoms with Crippen LogP contribution in [-0.2, 0) is 4.79 Å². The molecule has 0 aromatic carbocycles. The van der Waals surface area contributed by atoms with E-state index in [2.05, 4.69) is 4.99 Å². The molecule has 2 aliphatic rings. The number of carbonyl (C=O) groups excluding carboxylic acids is 1. The second-order valence-electron chi connectivity index (χ2n) is 4.91. The Balaban J connectivity index is 0.000000165. The number of hydrogen-bond donors (Lipinski definition) is 1. The Morgan fingerprint density at radius 3 is 1.75 bits per heavy atom. The summed E-state index contributed by atoms with van der Waals surface area (Å²) in [6, 6.07) is 0.838. The van der Waals surface area contributed by atoms with Crippen molar-refractivity contribution in [3.05, 3.63) is 0 Å². The minimum atomic E-state index is 0.302. The molecule has 0 heterocycles. The summed E-state index contributed by atoms with van der Waals surface area (Å²) in [4.78, 5) is 13.5. The molecule has 2 N–H and O–H groups in total. The van der Waals surface area contributed by atoms with E-state index in [0.29, 0.717) is 12.1 Å². The summed E-state index contributed by atoms with van der Waals surface area (Å²) >= 11 is 0. The molecule has 0 unspecified atom stereocenters. The van der Waals surface area contributed by atoms with Crippen molar-refractivity contribution in [2.75, 3.05) is 0 Å². The second-order valence-corrected chi connectivity index (χ2v) is 4.91. The molecular weight excluding hydrogens is 200 g/mol. The summed E-state index contributed by atoms with van der Waals surface area (Å²) in [5.74, 6) is 0. The number of rotatable bonds is 1. The second kappa shape index (κ2) is 8.49. The standard InChI is InChI=1S/C7H11NO.C6H13N/c9-6-8-7-4-2-1-3-5-7;7-6-4-2-1-3-5-6/h7H,1-5H2;6H,1-5,7H2. The molecule has 3 nitrogen and oxygen atoms in total. The van der Waals surface area contributed by atoms with Gasteiger partial charge in [-0.05, 0) is 25.7 Å². The Kier molecular flexibility index (Phi) is 7.11. The van der Waals surface area contributed by atoms with Crippen LogP contribution < -0.4 is 5.73 Å². The fourth-order valence-corrected chi connectivity index (χ4v) is 2.42. The summed E-state index contributed by atoms with van der Waals surface area (Å²) < 4.78 is 0. The summed E-state index contributed by atoms with van der Waals surface area (Å²) in [5.41, 5.74) is 5.63. The minimum absolute atomic E-state index is 0.302. The van der Waals surface area contributed by atoms with E-state index in [9.17, 15) is 4.79 Å². The van der Waals surface area contributed by atoms with Gasteiger partial charge in [-0.25, -0.2) is 9.79 Å². The monoisotopic (exact) mass is 224 g/mol. The molecule has 0 saturated heterocycles. The molecule has 0 amide bonds. The summed E-state index contributed by atoms with van der Waals surface area (Å²) in [6.45, 7) is 0. The van der Waals surface area contributed by atoms with Gasteiger partial charge in [-0.15, -0.1) is 0 Å². The summed E-state index contributed by atoms with van der Waals surface area (Å²) in [5, 5.41) is 0. The molecule has 2 aliphatic carbocycles. The molecular formula is C13H24N2O. The van der Waals surface area contributed by atoms with Crippen LogP contribution in [0.15, 0.2) is 4.99 Å². The van der Waals surface area contributed by atoms with Crippen LogP contribution in [0.2, 0.25) is 0 Å². The van der Waals surface area contributed by atoms with Gasteiger partial charge in [-0.2, -0.15) is 0 Å². The highest BCUT2D eigenvalue weighted by Gasteiger charge is 2.10. The first-order valence-corrected chi connectivity index (χ1v) is 6.65. The van der Waals surface area contributed by atoms with Gasteiger partial charge in [0.05, 0.1) is 6.04 Å². The normalized spacial score (nSPS) is 22.8. The van der Waals surface area contributed by atoms with Gasteiger partial charge in [0.1, 0.15) is 0 Å². The quantitative estimate of drug-likeness (QED) is 0.550. The van der Waals surface area contributed by atoms with E-state index in [0.717, 1.165) is 12.8 Å². The lowest BCUT2D eigenvalue weighted by atomic mass is 9.96. The maximum Gasteiger partial charge on any atom is 0.235 e. The molecule has 0 atom stereocenters. The highest BCUT2D eigenvalue weighted by molar-refractivity contribution is 5.33. The zero-order chi connectivity index (χ0) is 11.6. The number of aliphatic imine (C=N–C) groups is 1. The number of nitrogens with zero attached hydrogens (tertiary/aromatic N) is 1. The van der Waals surface area contributed by atoms with Gasteiger partial charge < -0.3 is 5.73 Å². The molecule has 0 radical (unpaired) electrons.